The van der Waals surface area contributed by atoms with Crippen LogP contribution >= 0.6 is 11.6 Å². The monoisotopic (exact) mass is 548 g/mol. The smallest absolute Gasteiger partial charge is 0.247 e. The van der Waals surface area contributed by atoms with Crippen molar-refractivity contribution in [1.82, 2.24) is 24.4 Å². The van der Waals surface area contributed by atoms with E-state index in [0.29, 0.717) is 33.8 Å². The fourth-order valence-electron chi connectivity index (χ4n) is 4.21. The van der Waals surface area contributed by atoms with E-state index >= 15 is 0 Å². The van der Waals surface area contributed by atoms with Crippen LogP contribution in [0.25, 0.3) is 22.3 Å². The van der Waals surface area contributed by atoms with Crippen LogP contribution in [0.3, 0.4) is 0 Å². The normalized spacial score (nSPS) is 11.1. The first-order valence-corrected chi connectivity index (χ1v) is 12.8. The van der Waals surface area contributed by atoms with E-state index in [0.717, 1.165) is 41.8 Å². The number of nitrogens with one attached hydrogen (secondary N) is 2. The van der Waals surface area contributed by atoms with Gasteiger partial charge in [0.15, 0.2) is 0 Å². The minimum atomic E-state index is -0.317. The molecule has 0 radical (unpaired) electrons. The molecule has 0 aliphatic rings. The number of hydrogen-bond acceptors (Lipinski definition) is 8. The number of ether oxygens (including phenoxy) is 1. The van der Waals surface area contributed by atoms with Crippen LogP contribution in [0.15, 0.2) is 55.5 Å². The van der Waals surface area contributed by atoms with Crippen molar-refractivity contribution in [3.63, 3.8) is 0 Å². The summed E-state index contributed by atoms with van der Waals surface area (Å²) < 4.78 is 7.65. The number of benzene rings is 1. The highest BCUT2D eigenvalue weighted by molar-refractivity contribution is 6.33. The maximum Gasteiger partial charge on any atom is 0.247 e. The third kappa shape index (κ3) is 6.47. The van der Waals surface area contributed by atoms with Crippen LogP contribution in [0.2, 0.25) is 5.02 Å². The average Bonchev–Trinajstić information content (AvgIpc) is 3.29. The van der Waals surface area contributed by atoms with Gasteiger partial charge in [-0.15, -0.1) is 0 Å². The zero-order chi connectivity index (χ0) is 28.1. The van der Waals surface area contributed by atoms with Gasteiger partial charge in [-0.25, -0.2) is 15.0 Å². The van der Waals surface area contributed by atoms with Crippen molar-refractivity contribution in [3.8, 4) is 17.0 Å². The van der Waals surface area contributed by atoms with Gasteiger partial charge >= 0.3 is 0 Å². The number of aryl methyl sites for hydroxylation is 1. The Morgan fingerprint density at radius 3 is 2.67 bits per heavy atom. The molecule has 11 heteroatoms. The van der Waals surface area contributed by atoms with Gasteiger partial charge < -0.3 is 29.7 Å². The van der Waals surface area contributed by atoms with Gasteiger partial charge in [0.2, 0.25) is 11.9 Å². The molecule has 204 valence electrons. The quantitative estimate of drug-likeness (QED) is 0.254. The first-order chi connectivity index (χ1) is 18.7. The molecule has 2 N–H and O–H groups in total. The van der Waals surface area contributed by atoms with Crippen LogP contribution in [0.4, 0.5) is 23.0 Å². The van der Waals surface area contributed by atoms with Gasteiger partial charge in [0.25, 0.3) is 0 Å². The molecule has 10 nitrogen and oxygen atoms in total. The van der Waals surface area contributed by atoms with Crippen LogP contribution in [0.5, 0.6) is 5.75 Å². The number of pyridine rings is 1. The van der Waals surface area contributed by atoms with E-state index in [1.54, 1.807) is 25.6 Å². The van der Waals surface area contributed by atoms with E-state index in [4.69, 9.17) is 16.3 Å². The number of amides is 1. The lowest BCUT2D eigenvalue weighted by molar-refractivity contribution is -0.111. The number of carbonyl (C=O) groups is 1. The fourth-order valence-corrected chi connectivity index (χ4v) is 4.41. The van der Waals surface area contributed by atoms with E-state index < -0.39 is 0 Å². The number of rotatable bonds is 11. The zero-order valence-electron chi connectivity index (χ0n) is 22.8. The van der Waals surface area contributed by atoms with Crippen LogP contribution in [-0.4, -0.2) is 71.7 Å². The first-order valence-electron chi connectivity index (χ1n) is 12.4. The summed E-state index contributed by atoms with van der Waals surface area (Å²) in [7, 11) is 9.60. The van der Waals surface area contributed by atoms with Crippen molar-refractivity contribution in [2.45, 2.75) is 6.42 Å². The summed E-state index contributed by atoms with van der Waals surface area (Å²) >= 11 is 6.49. The maximum absolute atomic E-state index is 12.3. The summed E-state index contributed by atoms with van der Waals surface area (Å²) in [6.07, 6.45) is 7.42. The second kappa shape index (κ2) is 12.1. The fraction of sp³-hybridized carbons (Fsp3) is 0.286. The van der Waals surface area contributed by atoms with Crippen LogP contribution in [0.1, 0.15) is 6.42 Å². The molecule has 0 unspecified atom stereocenters. The molecule has 4 aromatic rings. The highest BCUT2D eigenvalue weighted by Crippen LogP contribution is 2.38. The Morgan fingerprint density at radius 1 is 1.15 bits per heavy atom. The second-order valence-electron chi connectivity index (χ2n) is 9.42. The van der Waals surface area contributed by atoms with Crippen molar-refractivity contribution in [2.75, 3.05) is 56.9 Å². The zero-order valence-corrected chi connectivity index (χ0v) is 23.6. The van der Waals surface area contributed by atoms with Gasteiger partial charge in [-0.3, -0.25) is 4.79 Å². The highest BCUT2D eigenvalue weighted by atomic mass is 35.5. The van der Waals surface area contributed by atoms with E-state index in [-0.39, 0.29) is 5.91 Å². The second-order valence-corrected chi connectivity index (χ2v) is 9.83. The molecule has 3 heterocycles. The Kier molecular flexibility index (Phi) is 8.68. The molecule has 0 spiro atoms. The Labute approximate surface area is 233 Å². The third-order valence-electron chi connectivity index (χ3n) is 6.24. The minimum absolute atomic E-state index is 0.314. The predicted octanol–water partition coefficient (Wildman–Crippen LogP) is 4.95. The Bertz CT molecular complexity index is 1500. The predicted molar refractivity (Wildman–Crippen MR) is 158 cm³/mol. The third-order valence-corrected chi connectivity index (χ3v) is 6.52. The number of fused-ring (bicyclic) bond motifs is 1. The van der Waals surface area contributed by atoms with Crippen molar-refractivity contribution in [1.29, 1.82) is 0 Å². The lowest BCUT2D eigenvalue weighted by Gasteiger charge is -2.25. The molecule has 0 saturated heterocycles. The number of methoxy groups -OCH3 is 1. The van der Waals surface area contributed by atoms with Gasteiger partial charge in [0, 0.05) is 50.0 Å². The number of carbonyl (C=O) groups excluding carboxylic acids is 1. The highest BCUT2D eigenvalue weighted by Gasteiger charge is 2.17. The van der Waals surface area contributed by atoms with E-state index in [1.165, 1.54) is 6.08 Å². The van der Waals surface area contributed by atoms with Crippen molar-refractivity contribution in [2.24, 2.45) is 7.05 Å². The number of anilines is 4. The molecule has 0 aliphatic heterocycles. The summed E-state index contributed by atoms with van der Waals surface area (Å²) in [5.41, 5.74) is 4.17. The summed E-state index contributed by atoms with van der Waals surface area (Å²) in [5.74, 6) is 0.561. The number of hydrogen-bond donors (Lipinski definition) is 2. The Hall–Kier alpha value is -4.15. The number of nitrogens with zero attached hydrogens (tertiary/aromatic N) is 6. The summed E-state index contributed by atoms with van der Waals surface area (Å²) in [4.78, 5) is 30.1. The summed E-state index contributed by atoms with van der Waals surface area (Å²) in [6.45, 7) is 5.31. The van der Waals surface area contributed by atoms with Crippen molar-refractivity contribution in [3.05, 3.63) is 60.5 Å². The largest absolute Gasteiger partial charge is 0.494 e. The standard InChI is InChI=1S/C28H33ClN8O2/c1-7-25(38)32-21-14-22(24(39-6)15-23(21)36(4)11-8-10-35(2)3)33-28-31-17-20(29)26(34-28)19-13-18-9-12-37(5)27(18)30-16-19/h7,9,12-17H,1,8,10-11H2,2-6H3,(H,32,38)(H,31,33,34). The molecule has 3 aromatic heterocycles. The molecule has 0 atom stereocenters. The lowest BCUT2D eigenvalue weighted by Crippen LogP contribution is -2.24. The molecule has 0 bridgehead atoms. The SMILES string of the molecule is C=CC(=O)Nc1cc(Nc2ncc(Cl)c(-c3cnc4c(ccn4C)c3)n2)c(OC)cc1N(C)CCCN(C)C. The van der Waals surface area contributed by atoms with E-state index in [9.17, 15) is 4.79 Å². The molecule has 1 aromatic carbocycles. The van der Waals surface area contributed by atoms with Gasteiger partial charge in [-0.2, -0.15) is 0 Å². The molecular formula is C28H33ClN8O2. The minimum Gasteiger partial charge on any atom is -0.494 e. The molecular weight excluding hydrogens is 516 g/mol. The van der Waals surface area contributed by atoms with Gasteiger partial charge in [0.05, 0.1) is 41.1 Å². The van der Waals surface area contributed by atoms with Crippen molar-refractivity contribution < 1.29 is 9.53 Å². The Morgan fingerprint density at radius 2 is 1.95 bits per heavy atom. The molecule has 0 fully saturated rings. The molecule has 0 saturated carbocycles. The van der Waals surface area contributed by atoms with E-state index in [1.807, 2.05) is 57.2 Å². The van der Waals surface area contributed by atoms with Gasteiger partial charge in [-0.05, 0) is 51.3 Å². The molecule has 39 heavy (non-hydrogen) atoms. The summed E-state index contributed by atoms with van der Waals surface area (Å²) in [5, 5.41) is 7.51. The topological polar surface area (TPSA) is 100 Å². The molecule has 0 aliphatic carbocycles. The molecule has 4 rings (SSSR count). The Balaban J connectivity index is 1.68. The van der Waals surface area contributed by atoms with Crippen LogP contribution in [-0.2, 0) is 11.8 Å². The van der Waals surface area contributed by atoms with Gasteiger partial charge in [-0.1, -0.05) is 18.2 Å². The molecule has 1 amide bonds. The van der Waals surface area contributed by atoms with Crippen LogP contribution < -0.4 is 20.3 Å². The first kappa shape index (κ1) is 27.9. The van der Waals surface area contributed by atoms with Gasteiger partial charge in [0.1, 0.15) is 11.4 Å². The number of aromatic nitrogens is 4. The van der Waals surface area contributed by atoms with Crippen LogP contribution in [0, 0.1) is 0 Å². The number of halogens is 1. The van der Waals surface area contributed by atoms with E-state index in [2.05, 4.69) is 42.0 Å². The van der Waals surface area contributed by atoms with Crippen molar-refractivity contribution >= 4 is 51.6 Å². The average molecular weight is 549 g/mol. The summed E-state index contributed by atoms with van der Waals surface area (Å²) in [6, 6.07) is 7.65. The maximum atomic E-state index is 12.3. The lowest BCUT2D eigenvalue weighted by atomic mass is 10.1.